The lowest BCUT2D eigenvalue weighted by Crippen LogP contribution is -2.39. The highest BCUT2D eigenvalue weighted by Gasteiger charge is 2.26. The molecular formula is C18H20N2O3S. The van der Waals surface area contributed by atoms with Crippen LogP contribution in [-0.2, 0) is 16.0 Å². The van der Waals surface area contributed by atoms with Crippen molar-refractivity contribution in [1.29, 1.82) is 0 Å². The van der Waals surface area contributed by atoms with E-state index in [1.54, 1.807) is 23.3 Å². The van der Waals surface area contributed by atoms with Crippen molar-refractivity contribution in [2.45, 2.75) is 13.3 Å². The lowest BCUT2D eigenvalue weighted by atomic mass is 10.1. The third kappa shape index (κ3) is 3.49. The third-order valence-corrected chi connectivity index (χ3v) is 4.61. The average molecular weight is 344 g/mol. The van der Waals surface area contributed by atoms with Crippen LogP contribution in [0.15, 0.2) is 35.7 Å². The third-order valence-electron chi connectivity index (χ3n) is 3.70. The van der Waals surface area contributed by atoms with E-state index in [-0.39, 0.29) is 12.5 Å². The maximum atomic E-state index is 12.2. The number of fused-ring (bicyclic) bond motifs is 1. The molecule has 0 spiro atoms. The fourth-order valence-corrected chi connectivity index (χ4v) is 3.34. The Morgan fingerprint density at radius 3 is 3.08 bits per heavy atom. The van der Waals surface area contributed by atoms with Crippen LogP contribution in [0.25, 0.3) is 11.3 Å². The Labute approximate surface area is 145 Å². The summed E-state index contributed by atoms with van der Waals surface area (Å²) in [4.78, 5) is 18.6. The van der Waals surface area contributed by atoms with Crippen molar-refractivity contribution in [2.75, 3.05) is 31.8 Å². The van der Waals surface area contributed by atoms with Crippen LogP contribution in [-0.4, -0.2) is 37.8 Å². The first-order valence-electron chi connectivity index (χ1n) is 7.74. The standard InChI is InChI=1S/C18H20N2O3S/c1-12(2)9-20-15-8-13(4-5-16(15)23-10-18(20)21)14-11-24-17(19-14)6-7-22-3/h4-5,8,11H,1,6-7,9-10H2,2-3H3. The van der Waals surface area contributed by atoms with Crippen molar-refractivity contribution < 1.29 is 14.3 Å². The maximum absolute atomic E-state index is 12.2. The van der Waals surface area contributed by atoms with Crippen LogP contribution in [0.2, 0.25) is 0 Å². The Bertz CT molecular complexity index is 769. The van der Waals surface area contributed by atoms with Crippen LogP contribution in [0.4, 0.5) is 5.69 Å². The quantitative estimate of drug-likeness (QED) is 0.755. The second kappa shape index (κ2) is 7.15. The van der Waals surface area contributed by atoms with Gasteiger partial charge in [-0.2, -0.15) is 0 Å². The first kappa shape index (κ1) is 16.7. The van der Waals surface area contributed by atoms with Gasteiger partial charge in [0, 0.05) is 31.0 Å². The summed E-state index contributed by atoms with van der Waals surface area (Å²) in [5.74, 6) is 0.663. The zero-order valence-corrected chi connectivity index (χ0v) is 14.7. The van der Waals surface area contributed by atoms with Gasteiger partial charge in [-0.25, -0.2) is 4.98 Å². The predicted octanol–water partition coefficient (Wildman–Crippen LogP) is 3.30. The van der Waals surface area contributed by atoms with Gasteiger partial charge in [0.1, 0.15) is 5.75 Å². The highest BCUT2D eigenvalue weighted by molar-refractivity contribution is 7.09. The molecule has 6 heteroatoms. The number of aromatic nitrogens is 1. The SMILES string of the molecule is C=C(C)CN1C(=O)COc2ccc(-c3csc(CCOC)n3)cc21. The van der Waals surface area contributed by atoms with Crippen LogP contribution in [0.3, 0.4) is 0 Å². The normalized spacial score (nSPS) is 13.6. The van der Waals surface area contributed by atoms with Crippen LogP contribution in [0.1, 0.15) is 11.9 Å². The molecule has 1 aromatic heterocycles. The summed E-state index contributed by atoms with van der Waals surface area (Å²) in [5, 5.41) is 3.07. The Morgan fingerprint density at radius 1 is 1.50 bits per heavy atom. The van der Waals surface area contributed by atoms with Crippen molar-refractivity contribution >= 4 is 22.9 Å². The maximum Gasteiger partial charge on any atom is 0.265 e. The Kier molecular flexibility index (Phi) is 4.97. The number of rotatable bonds is 6. The Balaban J connectivity index is 1.91. The first-order valence-corrected chi connectivity index (χ1v) is 8.61. The van der Waals surface area contributed by atoms with Crippen molar-refractivity contribution in [3.05, 3.63) is 40.7 Å². The smallest absolute Gasteiger partial charge is 0.265 e. The Hall–Kier alpha value is -2.18. The van der Waals surface area contributed by atoms with Crippen LogP contribution in [0, 0.1) is 0 Å². The number of methoxy groups -OCH3 is 1. The number of anilines is 1. The summed E-state index contributed by atoms with van der Waals surface area (Å²) in [6.45, 7) is 7.04. The van der Waals surface area contributed by atoms with Gasteiger partial charge in [-0.05, 0) is 25.1 Å². The molecule has 0 N–H and O–H groups in total. The van der Waals surface area contributed by atoms with E-state index in [2.05, 4.69) is 11.6 Å². The van der Waals surface area contributed by atoms with Crippen molar-refractivity contribution in [2.24, 2.45) is 0 Å². The molecule has 2 heterocycles. The van der Waals surface area contributed by atoms with Gasteiger partial charge in [0.15, 0.2) is 6.61 Å². The molecular weight excluding hydrogens is 324 g/mol. The minimum absolute atomic E-state index is 0.0540. The minimum atomic E-state index is -0.0540. The van der Waals surface area contributed by atoms with Gasteiger partial charge < -0.3 is 14.4 Å². The number of carbonyl (C=O) groups is 1. The second-order valence-corrected chi connectivity index (χ2v) is 6.72. The van der Waals surface area contributed by atoms with E-state index in [0.717, 1.165) is 39.7 Å². The number of carbonyl (C=O) groups excluding carboxylic acids is 1. The molecule has 1 aliphatic rings. The largest absolute Gasteiger partial charge is 0.482 e. The summed E-state index contributed by atoms with van der Waals surface area (Å²) in [6.07, 6.45) is 0.801. The molecule has 0 radical (unpaired) electrons. The minimum Gasteiger partial charge on any atom is -0.482 e. The lowest BCUT2D eigenvalue weighted by Gasteiger charge is -2.29. The fraction of sp³-hybridized carbons (Fsp3) is 0.333. The van der Waals surface area contributed by atoms with Crippen LogP contribution >= 0.6 is 11.3 Å². The lowest BCUT2D eigenvalue weighted by molar-refractivity contribution is -0.121. The highest BCUT2D eigenvalue weighted by atomic mass is 32.1. The molecule has 0 unspecified atom stereocenters. The van der Waals surface area contributed by atoms with Gasteiger partial charge in [-0.15, -0.1) is 11.3 Å². The van der Waals surface area contributed by atoms with Gasteiger partial charge in [0.05, 0.1) is 23.0 Å². The van der Waals surface area contributed by atoms with Crippen molar-refractivity contribution in [3.8, 4) is 17.0 Å². The highest BCUT2D eigenvalue weighted by Crippen LogP contribution is 2.36. The van der Waals surface area contributed by atoms with E-state index in [1.165, 1.54) is 0 Å². The predicted molar refractivity (Wildman–Crippen MR) is 95.8 cm³/mol. The van der Waals surface area contributed by atoms with E-state index in [0.29, 0.717) is 13.2 Å². The second-order valence-electron chi connectivity index (χ2n) is 5.78. The average Bonchev–Trinajstić information content (AvgIpc) is 3.04. The van der Waals surface area contributed by atoms with E-state index in [4.69, 9.17) is 9.47 Å². The molecule has 1 aromatic carbocycles. The molecule has 0 aliphatic carbocycles. The van der Waals surface area contributed by atoms with Crippen molar-refractivity contribution in [3.63, 3.8) is 0 Å². The molecule has 0 fully saturated rings. The molecule has 0 saturated heterocycles. The molecule has 126 valence electrons. The zero-order valence-electron chi connectivity index (χ0n) is 13.9. The number of amides is 1. The molecule has 3 rings (SSSR count). The Morgan fingerprint density at radius 2 is 2.33 bits per heavy atom. The van der Waals surface area contributed by atoms with Gasteiger partial charge in [-0.1, -0.05) is 12.2 Å². The first-order chi connectivity index (χ1) is 11.6. The van der Waals surface area contributed by atoms with Gasteiger partial charge in [0.25, 0.3) is 5.91 Å². The number of benzene rings is 1. The monoisotopic (exact) mass is 344 g/mol. The van der Waals surface area contributed by atoms with Crippen molar-refractivity contribution in [1.82, 2.24) is 4.98 Å². The summed E-state index contributed by atoms with van der Waals surface area (Å²) >= 11 is 1.62. The molecule has 1 aliphatic heterocycles. The summed E-state index contributed by atoms with van der Waals surface area (Å²) in [7, 11) is 1.69. The summed E-state index contributed by atoms with van der Waals surface area (Å²) < 4.78 is 10.6. The number of thiazole rings is 1. The van der Waals surface area contributed by atoms with Gasteiger partial charge in [-0.3, -0.25) is 4.79 Å². The molecule has 24 heavy (non-hydrogen) atoms. The zero-order chi connectivity index (χ0) is 17.1. The number of hydrogen-bond donors (Lipinski definition) is 0. The molecule has 1 amide bonds. The summed E-state index contributed by atoms with van der Waals surface area (Å²) in [5.41, 5.74) is 3.58. The van der Waals surface area contributed by atoms with Crippen LogP contribution < -0.4 is 9.64 Å². The van der Waals surface area contributed by atoms with E-state index < -0.39 is 0 Å². The molecule has 5 nitrogen and oxygen atoms in total. The van der Waals surface area contributed by atoms with Gasteiger partial charge >= 0.3 is 0 Å². The molecule has 2 aromatic rings. The number of nitrogens with zero attached hydrogens (tertiary/aromatic N) is 2. The molecule has 0 bridgehead atoms. The fourth-order valence-electron chi connectivity index (χ4n) is 2.55. The van der Waals surface area contributed by atoms with E-state index >= 15 is 0 Å². The molecule has 0 saturated carbocycles. The topological polar surface area (TPSA) is 51.7 Å². The molecule has 0 atom stereocenters. The van der Waals surface area contributed by atoms with E-state index in [1.807, 2.05) is 30.5 Å². The number of ether oxygens (including phenoxy) is 2. The summed E-state index contributed by atoms with van der Waals surface area (Å²) in [6, 6.07) is 5.84. The number of hydrogen-bond acceptors (Lipinski definition) is 5. The van der Waals surface area contributed by atoms with Gasteiger partial charge in [0.2, 0.25) is 0 Å². The van der Waals surface area contributed by atoms with Crippen LogP contribution in [0.5, 0.6) is 5.75 Å². The van der Waals surface area contributed by atoms with E-state index in [9.17, 15) is 4.79 Å².